The van der Waals surface area contributed by atoms with Gasteiger partial charge in [0.2, 0.25) is 0 Å². The van der Waals surface area contributed by atoms with E-state index >= 15 is 0 Å². The molecule has 1 aliphatic rings. The SMILES string of the molecule is Nc1c(C(=O)NCCC2CCCNC2)cccc1[N+](=O)[O-]. The number of rotatable bonds is 5. The van der Waals surface area contributed by atoms with Gasteiger partial charge < -0.3 is 16.4 Å². The van der Waals surface area contributed by atoms with E-state index in [0.717, 1.165) is 25.9 Å². The van der Waals surface area contributed by atoms with Crippen LogP contribution in [0.4, 0.5) is 11.4 Å². The third-order valence-corrected chi connectivity index (χ3v) is 3.76. The van der Waals surface area contributed by atoms with E-state index in [2.05, 4.69) is 10.6 Å². The number of hydrogen-bond acceptors (Lipinski definition) is 5. The molecule has 0 bridgehead atoms. The Morgan fingerprint density at radius 3 is 3.00 bits per heavy atom. The maximum absolute atomic E-state index is 12.1. The van der Waals surface area contributed by atoms with Crippen molar-refractivity contribution >= 4 is 17.3 Å². The smallest absolute Gasteiger partial charge is 0.292 e. The van der Waals surface area contributed by atoms with Gasteiger partial charge in [-0.1, -0.05) is 6.07 Å². The van der Waals surface area contributed by atoms with Gasteiger partial charge in [-0.2, -0.15) is 0 Å². The van der Waals surface area contributed by atoms with Gasteiger partial charge in [0, 0.05) is 12.6 Å². The van der Waals surface area contributed by atoms with Crippen molar-refractivity contribution in [2.45, 2.75) is 19.3 Å². The Morgan fingerprint density at radius 2 is 2.33 bits per heavy atom. The predicted molar refractivity (Wildman–Crippen MR) is 80.1 cm³/mol. The number of hydrogen-bond donors (Lipinski definition) is 3. The number of nitrogens with two attached hydrogens (primary N) is 1. The van der Waals surface area contributed by atoms with Crippen LogP contribution in [0.5, 0.6) is 0 Å². The van der Waals surface area contributed by atoms with Crippen molar-refractivity contribution in [3.8, 4) is 0 Å². The molecule has 4 N–H and O–H groups in total. The number of anilines is 1. The van der Waals surface area contributed by atoms with E-state index in [1.807, 2.05) is 0 Å². The van der Waals surface area contributed by atoms with Gasteiger partial charge in [-0.15, -0.1) is 0 Å². The summed E-state index contributed by atoms with van der Waals surface area (Å²) in [6, 6.07) is 4.26. The minimum Gasteiger partial charge on any atom is -0.393 e. The van der Waals surface area contributed by atoms with Crippen LogP contribution in [0.3, 0.4) is 0 Å². The fourth-order valence-corrected chi connectivity index (χ4v) is 2.57. The molecule has 0 aliphatic carbocycles. The molecular formula is C14H20N4O3. The van der Waals surface area contributed by atoms with Crippen molar-refractivity contribution in [1.29, 1.82) is 0 Å². The molecule has 2 rings (SSSR count). The first-order chi connectivity index (χ1) is 10.1. The molecule has 1 aromatic rings. The first-order valence-electron chi connectivity index (χ1n) is 7.11. The minimum absolute atomic E-state index is 0.0840. The van der Waals surface area contributed by atoms with Crippen LogP contribution in [0.2, 0.25) is 0 Å². The summed E-state index contributed by atoms with van der Waals surface area (Å²) in [5.41, 5.74) is 5.52. The Kier molecular flexibility index (Phi) is 5.10. The summed E-state index contributed by atoms with van der Waals surface area (Å²) in [7, 11) is 0. The lowest BCUT2D eigenvalue weighted by Gasteiger charge is -2.22. The number of carbonyl (C=O) groups is 1. The molecular weight excluding hydrogens is 272 g/mol. The molecule has 1 unspecified atom stereocenters. The van der Waals surface area contributed by atoms with E-state index < -0.39 is 4.92 Å². The van der Waals surface area contributed by atoms with E-state index in [9.17, 15) is 14.9 Å². The highest BCUT2D eigenvalue weighted by molar-refractivity contribution is 6.00. The molecule has 114 valence electrons. The molecule has 1 fully saturated rings. The van der Waals surface area contributed by atoms with Gasteiger partial charge in [-0.25, -0.2) is 0 Å². The molecule has 1 saturated heterocycles. The maximum atomic E-state index is 12.1. The highest BCUT2D eigenvalue weighted by Gasteiger charge is 2.19. The molecule has 1 aromatic carbocycles. The topological polar surface area (TPSA) is 110 Å². The second-order valence-electron chi connectivity index (χ2n) is 5.25. The molecule has 0 radical (unpaired) electrons. The number of piperidine rings is 1. The number of amides is 1. The fourth-order valence-electron chi connectivity index (χ4n) is 2.57. The summed E-state index contributed by atoms with van der Waals surface area (Å²) in [5, 5.41) is 16.9. The van der Waals surface area contributed by atoms with Crippen LogP contribution in [0.25, 0.3) is 0 Å². The van der Waals surface area contributed by atoms with E-state index in [0.29, 0.717) is 12.5 Å². The first kappa shape index (κ1) is 15.2. The number of nitrogens with one attached hydrogen (secondary N) is 2. The first-order valence-corrected chi connectivity index (χ1v) is 7.11. The summed E-state index contributed by atoms with van der Waals surface area (Å²) >= 11 is 0. The van der Waals surface area contributed by atoms with E-state index in [-0.39, 0.29) is 22.8 Å². The molecule has 1 atom stereocenters. The average molecular weight is 292 g/mol. The Bertz CT molecular complexity index is 527. The Balaban J connectivity index is 1.91. The average Bonchev–Trinajstić information content (AvgIpc) is 2.48. The van der Waals surface area contributed by atoms with Crippen molar-refractivity contribution < 1.29 is 9.72 Å². The van der Waals surface area contributed by atoms with Gasteiger partial charge in [-0.3, -0.25) is 14.9 Å². The van der Waals surface area contributed by atoms with Crippen molar-refractivity contribution in [3.05, 3.63) is 33.9 Å². The number of benzene rings is 1. The maximum Gasteiger partial charge on any atom is 0.292 e. The Labute approximate surface area is 123 Å². The van der Waals surface area contributed by atoms with Crippen molar-refractivity contribution in [3.63, 3.8) is 0 Å². The summed E-state index contributed by atoms with van der Waals surface area (Å²) in [5.74, 6) is 0.210. The van der Waals surface area contributed by atoms with Gasteiger partial charge in [0.1, 0.15) is 5.69 Å². The standard InChI is InChI=1S/C14H20N4O3/c15-13-11(4-1-5-12(13)18(20)21)14(19)17-8-6-10-3-2-7-16-9-10/h1,4-5,10,16H,2-3,6-9,15H2,(H,17,19). The molecule has 1 aliphatic heterocycles. The number of para-hydroxylation sites is 1. The molecule has 1 heterocycles. The van der Waals surface area contributed by atoms with E-state index in [4.69, 9.17) is 5.73 Å². The lowest BCUT2D eigenvalue weighted by Crippen LogP contribution is -2.33. The molecule has 7 nitrogen and oxygen atoms in total. The lowest BCUT2D eigenvalue weighted by atomic mass is 9.96. The number of nitro groups is 1. The normalized spacial score (nSPS) is 18.2. The van der Waals surface area contributed by atoms with Crippen molar-refractivity contribution in [2.75, 3.05) is 25.4 Å². The summed E-state index contributed by atoms with van der Waals surface area (Å²) < 4.78 is 0. The summed E-state index contributed by atoms with van der Waals surface area (Å²) in [6.07, 6.45) is 3.23. The molecule has 21 heavy (non-hydrogen) atoms. The molecule has 0 saturated carbocycles. The monoisotopic (exact) mass is 292 g/mol. The van der Waals surface area contributed by atoms with Crippen LogP contribution in [0.1, 0.15) is 29.6 Å². The number of nitrogens with zero attached hydrogens (tertiary/aromatic N) is 1. The van der Waals surface area contributed by atoms with Crippen LogP contribution >= 0.6 is 0 Å². The van der Waals surface area contributed by atoms with Crippen LogP contribution in [0.15, 0.2) is 18.2 Å². The van der Waals surface area contributed by atoms with E-state index in [1.54, 1.807) is 0 Å². The van der Waals surface area contributed by atoms with Gasteiger partial charge in [0.05, 0.1) is 10.5 Å². The molecule has 7 heteroatoms. The zero-order valence-electron chi connectivity index (χ0n) is 11.8. The fraction of sp³-hybridized carbons (Fsp3) is 0.500. The van der Waals surface area contributed by atoms with Gasteiger partial charge >= 0.3 is 0 Å². The quantitative estimate of drug-likeness (QED) is 0.430. The zero-order chi connectivity index (χ0) is 15.2. The molecule has 1 amide bonds. The third-order valence-electron chi connectivity index (χ3n) is 3.76. The summed E-state index contributed by atoms with van der Waals surface area (Å²) in [6.45, 7) is 2.59. The Morgan fingerprint density at radius 1 is 1.52 bits per heavy atom. The lowest BCUT2D eigenvalue weighted by molar-refractivity contribution is -0.383. The molecule has 0 aromatic heterocycles. The third kappa shape index (κ3) is 3.91. The second-order valence-corrected chi connectivity index (χ2v) is 5.25. The van der Waals surface area contributed by atoms with Crippen LogP contribution in [0, 0.1) is 16.0 Å². The highest BCUT2D eigenvalue weighted by Crippen LogP contribution is 2.24. The number of nitrogen functional groups attached to an aromatic ring is 1. The zero-order valence-corrected chi connectivity index (χ0v) is 11.8. The minimum atomic E-state index is -0.584. The Hall–Kier alpha value is -2.15. The van der Waals surface area contributed by atoms with Crippen molar-refractivity contribution in [2.24, 2.45) is 5.92 Å². The second kappa shape index (κ2) is 7.03. The van der Waals surface area contributed by atoms with Crippen molar-refractivity contribution in [1.82, 2.24) is 10.6 Å². The van der Waals surface area contributed by atoms with Gasteiger partial charge in [0.15, 0.2) is 0 Å². The number of nitro benzene ring substituents is 1. The van der Waals surface area contributed by atoms with Crippen LogP contribution in [-0.4, -0.2) is 30.5 Å². The molecule has 0 spiro atoms. The van der Waals surface area contributed by atoms with Gasteiger partial charge in [-0.05, 0) is 44.3 Å². The van der Waals surface area contributed by atoms with Crippen LogP contribution in [-0.2, 0) is 0 Å². The highest BCUT2D eigenvalue weighted by atomic mass is 16.6. The summed E-state index contributed by atoms with van der Waals surface area (Å²) in [4.78, 5) is 22.3. The van der Waals surface area contributed by atoms with Gasteiger partial charge in [0.25, 0.3) is 11.6 Å². The predicted octanol–water partition coefficient (Wildman–Crippen LogP) is 1.30. The number of carbonyl (C=O) groups excluding carboxylic acids is 1. The van der Waals surface area contributed by atoms with Crippen LogP contribution < -0.4 is 16.4 Å². The van der Waals surface area contributed by atoms with E-state index in [1.165, 1.54) is 24.6 Å². The largest absolute Gasteiger partial charge is 0.393 e.